The first-order valence-corrected chi connectivity index (χ1v) is 8.61. The maximum Gasteiger partial charge on any atom is 0.266 e. The first-order chi connectivity index (χ1) is 12.3. The number of benzene rings is 1. The van der Waals surface area contributed by atoms with E-state index in [0.29, 0.717) is 17.7 Å². The average Bonchev–Trinajstić information content (AvgIpc) is 2.99. The molecule has 0 radical (unpaired) electrons. The van der Waals surface area contributed by atoms with Crippen molar-refractivity contribution in [3.63, 3.8) is 0 Å². The van der Waals surface area contributed by atoms with E-state index < -0.39 is 17.6 Å². The summed E-state index contributed by atoms with van der Waals surface area (Å²) in [5.41, 5.74) is 0.494. The minimum atomic E-state index is -1.81. The molecule has 1 aliphatic heterocycles. The zero-order valence-electron chi connectivity index (χ0n) is 14.7. The molecule has 0 aromatic heterocycles. The first kappa shape index (κ1) is 18.7. The molecule has 3 nitrogen and oxygen atoms in total. The maximum atomic E-state index is 14.2. The van der Waals surface area contributed by atoms with E-state index >= 15 is 0 Å². The van der Waals surface area contributed by atoms with E-state index in [1.165, 1.54) is 12.1 Å². The van der Waals surface area contributed by atoms with Crippen LogP contribution in [0.25, 0.3) is 0 Å². The highest BCUT2D eigenvalue weighted by Gasteiger charge is 2.51. The number of hydrogen-bond acceptors (Lipinski definition) is 3. The van der Waals surface area contributed by atoms with Crippen LogP contribution in [0.1, 0.15) is 30.9 Å². The van der Waals surface area contributed by atoms with Gasteiger partial charge in [-0.1, -0.05) is 19.1 Å². The second-order valence-corrected chi connectivity index (χ2v) is 7.04. The maximum absolute atomic E-state index is 14.2. The molecule has 1 heterocycles. The van der Waals surface area contributed by atoms with Crippen LogP contribution in [0.4, 0.5) is 13.2 Å². The number of halogens is 3. The third-order valence-electron chi connectivity index (χ3n) is 5.26. The van der Waals surface area contributed by atoms with Crippen LogP contribution in [-0.2, 0) is 20.7 Å². The molecule has 1 fully saturated rings. The van der Waals surface area contributed by atoms with E-state index in [1.807, 2.05) is 19.9 Å². The predicted molar refractivity (Wildman–Crippen MR) is 89.9 cm³/mol. The van der Waals surface area contributed by atoms with E-state index in [2.05, 4.69) is 0 Å². The summed E-state index contributed by atoms with van der Waals surface area (Å²) in [6, 6.07) is 5.06. The summed E-state index contributed by atoms with van der Waals surface area (Å²) in [6.07, 6.45) is 0.890. The van der Waals surface area contributed by atoms with Crippen LogP contribution in [0.15, 0.2) is 42.2 Å². The molecule has 3 atom stereocenters. The first-order valence-electron chi connectivity index (χ1n) is 8.61. The Hall–Kier alpha value is -2.08. The van der Waals surface area contributed by atoms with Gasteiger partial charge < -0.3 is 9.47 Å². The number of ether oxygens (including phenoxy) is 2. The lowest BCUT2D eigenvalue weighted by Crippen LogP contribution is -2.45. The number of allylic oxidation sites excluding steroid dienone is 2. The number of rotatable bonds is 5. The Kier molecular flexibility index (Phi) is 5.23. The van der Waals surface area contributed by atoms with E-state index in [1.54, 1.807) is 6.07 Å². The van der Waals surface area contributed by atoms with Gasteiger partial charge in [-0.3, -0.25) is 4.79 Å². The zero-order chi connectivity index (χ0) is 18.9. The number of carbonyl (C=O) groups excluding carboxylic acids is 1. The van der Waals surface area contributed by atoms with Crippen LogP contribution in [-0.4, -0.2) is 18.2 Å². The second kappa shape index (κ2) is 7.27. The number of aryl methyl sites for hydroxylation is 1. The van der Waals surface area contributed by atoms with Gasteiger partial charge in [0.05, 0.1) is 0 Å². The second-order valence-electron chi connectivity index (χ2n) is 7.04. The van der Waals surface area contributed by atoms with Crippen molar-refractivity contribution in [1.29, 1.82) is 0 Å². The van der Waals surface area contributed by atoms with Gasteiger partial charge in [-0.25, -0.2) is 4.39 Å². The van der Waals surface area contributed by atoms with Crippen LogP contribution >= 0.6 is 0 Å². The summed E-state index contributed by atoms with van der Waals surface area (Å²) in [5.74, 6) is -0.908. The smallest absolute Gasteiger partial charge is 0.266 e. The molecule has 3 rings (SSSR count). The number of ketones is 1. The van der Waals surface area contributed by atoms with Crippen molar-refractivity contribution >= 4 is 5.78 Å². The average molecular weight is 366 g/mol. The highest BCUT2D eigenvalue weighted by Crippen LogP contribution is 2.46. The highest BCUT2D eigenvalue weighted by molar-refractivity contribution is 5.93. The standard InChI is InChI=1S/C20H21F3O3/c1-12-3-4-14(16(21)7-12)8-13(2)20-10-15(5-6-19(22)23)17(24)9-18(20)25-11-26-20/h3-4,6-7,9,13,15H,5,8,10-11H2,1-2H3/t13-,15+,20+/m0/s1. The monoisotopic (exact) mass is 366 g/mol. The largest absolute Gasteiger partial charge is 0.469 e. The summed E-state index contributed by atoms with van der Waals surface area (Å²) >= 11 is 0. The molecule has 1 aliphatic carbocycles. The van der Waals surface area contributed by atoms with E-state index in [0.717, 1.165) is 11.6 Å². The number of hydrogen-bond donors (Lipinski definition) is 0. The van der Waals surface area contributed by atoms with Gasteiger partial charge in [0.15, 0.2) is 12.6 Å². The van der Waals surface area contributed by atoms with Crippen LogP contribution in [0.5, 0.6) is 0 Å². The van der Waals surface area contributed by atoms with Crippen molar-refractivity contribution in [3.8, 4) is 0 Å². The quantitative estimate of drug-likeness (QED) is 0.758. The Bertz CT molecular complexity index is 768. The van der Waals surface area contributed by atoms with Crippen molar-refractivity contribution in [3.05, 3.63) is 59.1 Å². The summed E-state index contributed by atoms with van der Waals surface area (Å²) in [5, 5.41) is 0. The normalized spacial score (nSPS) is 26.0. The third-order valence-corrected chi connectivity index (χ3v) is 5.26. The lowest BCUT2D eigenvalue weighted by Gasteiger charge is -2.38. The lowest BCUT2D eigenvalue weighted by molar-refractivity contribution is -0.123. The Morgan fingerprint density at radius 1 is 1.42 bits per heavy atom. The van der Waals surface area contributed by atoms with Crippen molar-refractivity contribution in [2.45, 2.75) is 38.7 Å². The van der Waals surface area contributed by atoms with Crippen LogP contribution in [0.3, 0.4) is 0 Å². The van der Waals surface area contributed by atoms with E-state index in [4.69, 9.17) is 9.47 Å². The molecule has 1 saturated heterocycles. The molecule has 140 valence electrons. The molecular formula is C20H21F3O3. The topological polar surface area (TPSA) is 35.5 Å². The van der Waals surface area contributed by atoms with Crippen molar-refractivity contribution in [2.75, 3.05) is 6.79 Å². The molecule has 0 spiro atoms. The van der Waals surface area contributed by atoms with Gasteiger partial charge >= 0.3 is 0 Å². The summed E-state index contributed by atoms with van der Waals surface area (Å²) < 4.78 is 50.4. The summed E-state index contributed by atoms with van der Waals surface area (Å²) in [4.78, 5) is 12.2. The molecule has 1 aromatic rings. The van der Waals surface area contributed by atoms with Gasteiger partial charge in [-0.15, -0.1) is 0 Å². The molecule has 0 bridgehead atoms. The molecule has 0 unspecified atom stereocenters. The molecule has 2 aliphatic rings. The van der Waals surface area contributed by atoms with Gasteiger partial charge in [0.25, 0.3) is 6.08 Å². The SMILES string of the molecule is Cc1ccc(C[C@H](C)[C@]23C[C@@H](CC=C(F)F)C(=O)C=C2OCO3)c(F)c1. The van der Waals surface area contributed by atoms with Crippen molar-refractivity contribution < 1.29 is 27.4 Å². The van der Waals surface area contributed by atoms with Gasteiger partial charge in [0.2, 0.25) is 0 Å². The third kappa shape index (κ3) is 3.56. The Morgan fingerprint density at radius 3 is 2.88 bits per heavy atom. The minimum Gasteiger partial charge on any atom is -0.469 e. The van der Waals surface area contributed by atoms with Crippen molar-refractivity contribution in [1.82, 2.24) is 0 Å². The number of fused-ring (bicyclic) bond motifs is 1. The van der Waals surface area contributed by atoms with Crippen LogP contribution in [0, 0.1) is 24.6 Å². The molecular weight excluding hydrogens is 345 g/mol. The molecule has 0 N–H and O–H groups in total. The van der Waals surface area contributed by atoms with Gasteiger partial charge in [-0.05, 0) is 55.4 Å². The summed E-state index contributed by atoms with van der Waals surface area (Å²) in [7, 11) is 0. The van der Waals surface area contributed by atoms with Crippen molar-refractivity contribution in [2.24, 2.45) is 11.8 Å². The molecule has 0 amide bonds. The molecule has 6 heteroatoms. The fraction of sp³-hybridized carbons (Fsp3) is 0.450. The fourth-order valence-corrected chi connectivity index (χ4v) is 3.76. The Labute approximate surface area is 150 Å². The van der Waals surface area contributed by atoms with Gasteiger partial charge in [0, 0.05) is 12.0 Å². The van der Waals surface area contributed by atoms with Gasteiger partial charge in [0.1, 0.15) is 17.2 Å². The van der Waals surface area contributed by atoms with E-state index in [9.17, 15) is 18.0 Å². The fourth-order valence-electron chi connectivity index (χ4n) is 3.76. The minimum absolute atomic E-state index is 0.000134. The van der Waals surface area contributed by atoms with Gasteiger partial charge in [-0.2, -0.15) is 8.78 Å². The Morgan fingerprint density at radius 2 is 2.19 bits per heavy atom. The predicted octanol–water partition coefficient (Wildman–Crippen LogP) is 4.70. The number of carbonyl (C=O) groups is 1. The van der Waals surface area contributed by atoms with Crippen LogP contribution < -0.4 is 0 Å². The van der Waals surface area contributed by atoms with Crippen LogP contribution in [0.2, 0.25) is 0 Å². The van der Waals surface area contributed by atoms with E-state index in [-0.39, 0.29) is 37.2 Å². The lowest BCUT2D eigenvalue weighted by atomic mass is 9.71. The molecule has 1 aromatic carbocycles. The zero-order valence-corrected chi connectivity index (χ0v) is 14.7. The molecule has 0 saturated carbocycles. The molecule has 26 heavy (non-hydrogen) atoms. The summed E-state index contributed by atoms with van der Waals surface area (Å²) in [6.45, 7) is 3.72. The highest BCUT2D eigenvalue weighted by atomic mass is 19.3. The Balaban J connectivity index is 1.86.